The fourth-order valence-electron chi connectivity index (χ4n) is 3.38. The highest BCUT2D eigenvalue weighted by Crippen LogP contribution is 2.36. The van der Waals surface area contributed by atoms with Crippen LogP contribution >= 0.6 is 0 Å². The number of rotatable bonds is 4. The van der Waals surface area contributed by atoms with Crippen molar-refractivity contribution in [1.82, 2.24) is 4.31 Å². The van der Waals surface area contributed by atoms with Crippen molar-refractivity contribution in [2.45, 2.75) is 31.1 Å². The third-order valence-corrected chi connectivity index (χ3v) is 7.19. The summed E-state index contributed by atoms with van der Waals surface area (Å²) < 4.78 is 27.7. The van der Waals surface area contributed by atoms with E-state index in [4.69, 9.17) is 0 Å². The number of fused-ring (bicyclic) bond motifs is 1. The molecule has 1 N–H and O–H groups in total. The molecule has 1 aliphatic rings. The van der Waals surface area contributed by atoms with E-state index in [2.05, 4.69) is 6.92 Å². The first-order valence-electron chi connectivity index (χ1n) is 8.11. The van der Waals surface area contributed by atoms with Gasteiger partial charge in [-0.25, -0.2) is 8.42 Å². The minimum atomic E-state index is -3.50. The van der Waals surface area contributed by atoms with E-state index in [9.17, 15) is 13.5 Å². The summed E-state index contributed by atoms with van der Waals surface area (Å²) in [6.45, 7) is 3.14. The normalized spacial score (nSPS) is 19.0. The number of hydrogen-bond acceptors (Lipinski definition) is 3. The average Bonchev–Trinajstić information content (AvgIpc) is 2.61. The van der Waals surface area contributed by atoms with Crippen molar-refractivity contribution in [3.63, 3.8) is 0 Å². The first kappa shape index (κ1) is 16.4. The van der Waals surface area contributed by atoms with Crippen molar-refractivity contribution in [2.75, 3.05) is 19.7 Å². The Balaban J connectivity index is 1.93. The summed E-state index contributed by atoms with van der Waals surface area (Å²) in [4.78, 5) is 0.378. The number of sulfonamides is 1. The van der Waals surface area contributed by atoms with Gasteiger partial charge in [-0.2, -0.15) is 4.31 Å². The molecule has 0 spiro atoms. The Bertz CT molecular complexity index is 782. The first-order chi connectivity index (χ1) is 11.0. The van der Waals surface area contributed by atoms with Crippen molar-refractivity contribution in [2.24, 2.45) is 5.41 Å². The summed E-state index contributed by atoms with van der Waals surface area (Å²) in [5.41, 5.74) is -0.120. The average molecular weight is 333 g/mol. The Hall–Kier alpha value is -1.43. The fourth-order valence-corrected chi connectivity index (χ4v) is 5.04. The topological polar surface area (TPSA) is 57.6 Å². The maximum absolute atomic E-state index is 13.1. The molecule has 23 heavy (non-hydrogen) atoms. The summed E-state index contributed by atoms with van der Waals surface area (Å²) in [6, 6.07) is 13.0. The van der Waals surface area contributed by atoms with E-state index in [1.54, 1.807) is 16.4 Å². The molecule has 2 aromatic carbocycles. The van der Waals surface area contributed by atoms with Crippen LogP contribution in [0.1, 0.15) is 26.2 Å². The Morgan fingerprint density at radius 3 is 2.39 bits per heavy atom. The van der Waals surface area contributed by atoms with Gasteiger partial charge in [0.15, 0.2) is 0 Å². The van der Waals surface area contributed by atoms with Crippen LogP contribution in [0, 0.1) is 5.41 Å². The van der Waals surface area contributed by atoms with Crippen LogP contribution in [0.15, 0.2) is 47.4 Å². The van der Waals surface area contributed by atoms with Crippen molar-refractivity contribution in [3.05, 3.63) is 42.5 Å². The molecule has 0 unspecified atom stereocenters. The second-order valence-corrected chi connectivity index (χ2v) is 8.30. The van der Waals surface area contributed by atoms with Crippen molar-refractivity contribution in [1.29, 1.82) is 0 Å². The molecule has 0 atom stereocenters. The predicted octanol–water partition coefficient (Wildman–Crippen LogP) is 3.01. The van der Waals surface area contributed by atoms with Gasteiger partial charge in [0.1, 0.15) is 0 Å². The molecule has 124 valence electrons. The molecular formula is C18H23NO3S. The molecule has 2 aromatic rings. The molecule has 0 bridgehead atoms. The first-order valence-corrected chi connectivity index (χ1v) is 9.55. The molecule has 0 saturated carbocycles. The Morgan fingerprint density at radius 2 is 1.74 bits per heavy atom. The van der Waals surface area contributed by atoms with Gasteiger partial charge in [0.2, 0.25) is 10.0 Å². The van der Waals surface area contributed by atoms with Crippen LogP contribution in [0.4, 0.5) is 0 Å². The number of hydrogen-bond donors (Lipinski definition) is 1. The number of benzene rings is 2. The van der Waals surface area contributed by atoms with Gasteiger partial charge in [-0.05, 0) is 36.1 Å². The van der Waals surface area contributed by atoms with E-state index >= 15 is 0 Å². The Morgan fingerprint density at radius 1 is 1.09 bits per heavy atom. The molecule has 1 aliphatic heterocycles. The standard InChI is InChI=1S/C18H23NO3S/c1-2-18(14-20)10-12-19(13-11-18)23(21,22)17-9-5-7-15-6-3-4-8-16(15)17/h3-9,20H,2,10-14H2,1H3. The zero-order valence-electron chi connectivity index (χ0n) is 13.4. The molecule has 1 heterocycles. The van der Waals surface area contributed by atoms with Crippen LogP contribution in [-0.2, 0) is 10.0 Å². The van der Waals surface area contributed by atoms with Crippen LogP contribution in [0.2, 0.25) is 0 Å². The van der Waals surface area contributed by atoms with Gasteiger partial charge >= 0.3 is 0 Å². The maximum atomic E-state index is 13.1. The third-order valence-electron chi connectivity index (χ3n) is 5.24. The smallest absolute Gasteiger partial charge is 0.243 e. The van der Waals surface area contributed by atoms with E-state index < -0.39 is 10.0 Å². The SMILES string of the molecule is CCC1(CO)CCN(S(=O)(=O)c2cccc3ccccc23)CC1. The quantitative estimate of drug-likeness (QED) is 0.936. The van der Waals surface area contributed by atoms with E-state index in [1.165, 1.54) is 0 Å². The summed E-state index contributed by atoms with van der Waals surface area (Å²) in [5.74, 6) is 0. The minimum absolute atomic E-state index is 0.120. The minimum Gasteiger partial charge on any atom is -0.396 e. The van der Waals surface area contributed by atoms with Crippen LogP contribution < -0.4 is 0 Å². The fraction of sp³-hybridized carbons (Fsp3) is 0.444. The second kappa shape index (κ2) is 6.23. The number of aliphatic hydroxyl groups is 1. The highest BCUT2D eigenvalue weighted by atomic mass is 32.2. The number of aliphatic hydroxyl groups excluding tert-OH is 1. The molecule has 5 heteroatoms. The van der Waals surface area contributed by atoms with Crippen molar-refractivity contribution >= 4 is 20.8 Å². The van der Waals surface area contributed by atoms with Gasteiger partial charge in [0.05, 0.1) is 4.90 Å². The maximum Gasteiger partial charge on any atom is 0.243 e. The lowest BCUT2D eigenvalue weighted by atomic mass is 9.77. The molecule has 3 rings (SSSR count). The van der Waals surface area contributed by atoms with Crippen molar-refractivity contribution < 1.29 is 13.5 Å². The van der Waals surface area contributed by atoms with Gasteiger partial charge < -0.3 is 5.11 Å². The highest BCUT2D eigenvalue weighted by molar-refractivity contribution is 7.89. The van der Waals surface area contributed by atoms with Crippen LogP contribution in [0.25, 0.3) is 10.8 Å². The monoisotopic (exact) mass is 333 g/mol. The summed E-state index contributed by atoms with van der Waals surface area (Å²) >= 11 is 0. The molecular weight excluding hydrogens is 310 g/mol. The molecule has 0 aromatic heterocycles. The molecule has 4 nitrogen and oxygen atoms in total. The van der Waals surface area contributed by atoms with Crippen LogP contribution in [0.5, 0.6) is 0 Å². The van der Waals surface area contributed by atoms with Gasteiger partial charge in [-0.3, -0.25) is 0 Å². The van der Waals surface area contributed by atoms with Crippen LogP contribution in [0.3, 0.4) is 0 Å². The van der Waals surface area contributed by atoms with Gasteiger partial charge in [0, 0.05) is 25.1 Å². The molecule has 1 saturated heterocycles. The molecule has 0 aliphatic carbocycles. The zero-order chi connectivity index (χ0) is 16.5. The Labute approximate surface area is 137 Å². The lowest BCUT2D eigenvalue weighted by Crippen LogP contribution is -2.44. The highest BCUT2D eigenvalue weighted by Gasteiger charge is 2.37. The van der Waals surface area contributed by atoms with Gasteiger partial charge in [-0.1, -0.05) is 43.3 Å². The summed E-state index contributed by atoms with van der Waals surface area (Å²) in [6.07, 6.45) is 2.31. The predicted molar refractivity (Wildman–Crippen MR) is 91.8 cm³/mol. The van der Waals surface area contributed by atoms with E-state index in [0.29, 0.717) is 30.8 Å². The van der Waals surface area contributed by atoms with Crippen molar-refractivity contribution in [3.8, 4) is 0 Å². The second-order valence-electron chi connectivity index (χ2n) is 6.39. The summed E-state index contributed by atoms with van der Waals surface area (Å²) in [7, 11) is -3.50. The lowest BCUT2D eigenvalue weighted by Gasteiger charge is -2.39. The summed E-state index contributed by atoms with van der Waals surface area (Å²) in [5, 5.41) is 11.3. The number of piperidine rings is 1. The largest absolute Gasteiger partial charge is 0.396 e. The molecule has 0 amide bonds. The van der Waals surface area contributed by atoms with Gasteiger partial charge in [-0.15, -0.1) is 0 Å². The van der Waals surface area contributed by atoms with Crippen LogP contribution in [-0.4, -0.2) is 37.5 Å². The third kappa shape index (κ3) is 2.89. The Kier molecular flexibility index (Phi) is 4.45. The zero-order valence-corrected chi connectivity index (χ0v) is 14.2. The van der Waals surface area contributed by atoms with E-state index in [0.717, 1.165) is 17.2 Å². The molecule has 1 fully saturated rings. The molecule has 0 radical (unpaired) electrons. The lowest BCUT2D eigenvalue weighted by molar-refractivity contribution is 0.0648. The van der Waals surface area contributed by atoms with E-state index in [-0.39, 0.29) is 12.0 Å². The number of nitrogens with zero attached hydrogens (tertiary/aromatic N) is 1. The van der Waals surface area contributed by atoms with E-state index in [1.807, 2.05) is 30.3 Å². The van der Waals surface area contributed by atoms with Gasteiger partial charge in [0.25, 0.3) is 0 Å².